The molecule has 1 fully saturated rings. The number of guanidine groups is 1. The molecule has 0 aromatic heterocycles. The van der Waals surface area contributed by atoms with Crippen molar-refractivity contribution < 1.29 is 13.9 Å². The first-order chi connectivity index (χ1) is 14.1. The Morgan fingerprint density at radius 3 is 2.33 bits per heavy atom. The van der Waals surface area contributed by atoms with Gasteiger partial charge in [-0.05, 0) is 54.7 Å². The van der Waals surface area contributed by atoms with Gasteiger partial charge in [0.15, 0.2) is 5.96 Å². The van der Waals surface area contributed by atoms with Crippen LogP contribution in [-0.4, -0.2) is 46.4 Å². The number of rotatable bonds is 7. The second-order valence-corrected chi connectivity index (χ2v) is 7.35. The molecule has 1 aliphatic rings. The summed E-state index contributed by atoms with van der Waals surface area (Å²) in [6.07, 6.45) is 2.72. The van der Waals surface area contributed by atoms with Crippen LogP contribution < -0.4 is 15.4 Å². The fraction of sp³-hybridized carbons (Fsp3) is 0.435. The lowest BCUT2D eigenvalue weighted by atomic mass is 9.74. The molecular weight excluding hydrogens is 496 g/mol. The summed E-state index contributed by atoms with van der Waals surface area (Å²) >= 11 is 0. The average Bonchev–Trinajstić information content (AvgIpc) is 2.78. The van der Waals surface area contributed by atoms with E-state index in [0.717, 1.165) is 62.8 Å². The van der Waals surface area contributed by atoms with Gasteiger partial charge in [-0.3, -0.25) is 4.99 Å². The monoisotopic (exact) mass is 527 g/mol. The first-order valence-corrected chi connectivity index (χ1v) is 10.1. The van der Waals surface area contributed by atoms with E-state index in [-0.39, 0.29) is 35.2 Å². The molecule has 164 valence electrons. The van der Waals surface area contributed by atoms with Crippen LogP contribution in [-0.2, 0) is 16.6 Å². The molecule has 1 saturated heterocycles. The zero-order valence-electron chi connectivity index (χ0n) is 17.6. The highest BCUT2D eigenvalue weighted by atomic mass is 127. The number of halogens is 2. The fourth-order valence-corrected chi connectivity index (χ4v) is 3.72. The SMILES string of the molecule is CN=C(NCCc1ccc(F)cc1)NCC1(c2ccc(OC)cc2)CCOCC1.I. The van der Waals surface area contributed by atoms with Gasteiger partial charge in [-0.2, -0.15) is 0 Å². The number of benzene rings is 2. The molecule has 2 aromatic rings. The summed E-state index contributed by atoms with van der Waals surface area (Å²) in [5, 5.41) is 6.85. The third kappa shape index (κ3) is 6.57. The lowest BCUT2D eigenvalue weighted by Crippen LogP contribution is -2.48. The molecule has 0 bridgehead atoms. The van der Waals surface area contributed by atoms with E-state index in [4.69, 9.17) is 9.47 Å². The van der Waals surface area contributed by atoms with Gasteiger partial charge in [-0.1, -0.05) is 24.3 Å². The molecule has 0 aliphatic carbocycles. The predicted molar refractivity (Wildman–Crippen MR) is 130 cm³/mol. The molecule has 2 N–H and O–H groups in total. The smallest absolute Gasteiger partial charge is 0.191 e. The minimum atomic E-state index is -0.209. The average molecular weight is 527 g/mol. The Morgan fingerprint density at radius 2 is 1.73 bits per heavy atom. The molecule has 7 heteroatoms. The zero-order valence-corrected chi connectivity index (χ0v) is 19.9. The largest absolute Gasteiger partial charge is 0.497 e. The van der Waals surface area contributed by atoms with Crippen LogP contribution in [0.15, 0.2) is 53.5 Å². The Morgan fingerprint density at radius 1 is 1.07 bits per heavy atom. The van der Waals surface area contributed by atoms with E-state index in [2.05, 4.69) is 27.8 Å². The molecule has 0 saturated carbocycles. The summed E-state index contributed by atoms with van der Waals surface area (Å²) in [6.45, 7) is 3.01. The fourth-order valence-electron chi connectivity index (χ4n) is 3.72. The second-order valence-electron chi connectivity index (χ2n) is 7.35. The van der Waals surface area contributed by atoms with Gasteiger partial charge in [0.25, 0.3) is 0 Å². The quantitative estimate of drug-likeness (QED) is 0.326. The van der Waals surface area contributed by atoms with Gasteiger partial charge >= 0.3 is 0 Å². The maximum absolute atomic E-state index is 13.0. The molecule has 0 spiro atoms. The van der Waals surface area contributed by atoms with Gasteiger partial charge in [-0.25, -0.2) is 4.39 Å². The van der Waals surface area contributed by atoms with Crippen molar-refractivity contribution in [2.24, 2.45) is 4.99 Å². The van der Waals surface area contributed by atoms with E-state index in [1.54, 1.807) is 14.2 Å². The minimum absolute atomic E-state index is 0. The lowest BCUT2D eigenvalue weighted by molar-refractivity contribution is 0.0513. The van der Waals surface area contributed by atoms with Gasteiger partial charge in [0.05, 0.1) is 7.11 Å². The van der Waals surface area contributed by atoms with Gasteiger partial charge in [-0.15, -0.1) is 24.0 Å². The minimum Gasteiger partial charge on any atom is -0.497 e. The van der Waals surface area contributed by atoms with Crippen LogP contribution in [0.2, 0.25) is 0 Å². The molecule has 3 rings (SSSR count). The predicted octanol–water partition coefficient (Wildman–Crippen LogP) is 3.91. The number of ether oxygens (including phenoxy) is 2. The number of nitrogens with one attached hydrogen (secondary N) is 2. The number of methoxy groups -OCH3 is 1. The molecule has 0 unspecified atom stereocenters. The van der Waals surface area contributed by atoms with Crippen LogP contribution in [0.5, 0.6) is 5.75 Å². The van der Waals surface area contributed by atoms with E-state index in [1.165, 1.54) is 17.7 Å². The van der Waals surface area contributed by atoms with Crippen LogP contribution in [0, 0.1) is 5.82 Å². The Hall–Kier alpha value is -1.87. The summed E-state index contributed by atoms with van der Waals surface area (Å²) in [4.78, 5) is 4.35. The van der Waals surface area contributed by atoms with Crippen LogP contribution in [0.4, 0.5) is 4.39 Å². The molecule has 0 radical (unpaired) electrons. The number of hydrogen-bond donors (Lipinski definition) is 2. The standard InChI is InChI=1S/C23H30FN3O2.HI/c1-25-22(26-14-11-18-3-7-20(24)8-4-18)27-17-23(12-15-29-16-13-23)19-5-9-21(28-2)10-6-19;/h3-10H,11-17H2,1-2H3,(H2,25,26,27);1H. The summed E-state index contributed by atoms with van der Waals surface area (Å²) in [7, 11) is 3.46. The maximum Gasteiger partial charge on any atom is 0.191 e. The van der Waals surface area contributed by atoms with E-state index in [1.807, 2.05) is 24.3 Å². The number of aliphatic imine (C=N–C) groups is 1. The summed E-state index contributed by atoms with van der Waals surface area (Å²) in [6, 6.07) is 14.9. The number of nitrogens with zero attached hydrogens (tertiary/aromatic N) is 1. The lowest BCUT2D eigenvalue weighted by Gasteiger charge is -2.38. The topological polar surface area (TPSA) is 54.9 Å². The second kappa shape index (κ2) is 12.1. The summed E-state index contributed by atoms with van der Waals surface area (Å²) in [5.74, 6) is 1.42. The maximum atomic E-state index is 13.0. The normalized spacial score (nSPS) is 15.8. The van der Waals surface area contributed by atoms with Crippen LogP contribution >= 0.6 is 24.0 Å². The van der Waals surface area contributed by atoms with E-state index in [0.29, 0.717) is 0 Å². The molecule has 1 aliphatic heterocycles. The molecular formula is C23H31FIN3O2. The molecule has 30 heavy (non-hydrogen) atoms. The third-order valence-corrected chi connectivity index (χ3v) is 5.59. The Labute approximate surface area is 195 Å². The van der Waals surface area contributed by atoms with Crippen molar-refractivity contribution in [3.63, 3.8) is 0 Å². The van der Waals surface area contributed by atoms with Crippen molar-refractivity contribution in [3.05, 3.63) is 65.5 Å². The highest BCUT2D eigenvalue weighted by Gasteiger charge is 2.34. The zero-order chi connectivity index (χ0) is 20.5. The summed E-state index contributed by atoms with van der Waals surface area (Å²) < 4.78 is 24.0. The van der Waals surface area contributed by atoms with Crippen LogP contribution in [0.1, 0.15) is 24.0 Å². The highest BCUT2D eigenvalue weighted by Crippen LogP contribution is 2.35. The van der Waals surface area contributed by atoms with Gasteiger partial charge in [0.1, 0.15) is 11.6 Å². The molecule has 0 amide bonds. The summed E-state index contributed by atoms with van der Waals surface area (Å²) in [5.41, 5.74) is 2.38. The Kier molecular flexibility index (Phi) is 9.84. The van der Waals surface area contributed by atoms with Crippen molar-refractivity contribution >= 4 is 29.9 Å². The van der Waals surface area contributed by atoms with E-state index in [9.17, 15) is 4.39 Å². The highest BCUT2D eigenvalue weighted by molar-refractivity contribution is 14.0. The first-order valence-electron chi connectivity index (χ1n) is 10.1. The Bertz CT molecular complexity index is 791. The van der Waals surface area contributed by atoms with Crippen molar-refractivity contribution in [2.45, 2.75) is 24.7 Å². The molecule has 2 aromatic carbocycles. The van der Waals surface area contributed by atoms with E-state index < -0.39 is 0 Å². The molecule has 5 nitrogen and oxygen atoms in total. The van der Waals surface area contributed by atoms with Crippen molar-refractivity contribution in [1.82, 2.24) is 10.6 Å². The first kappa shape index (κ1) is 24.4. The van der Waals surface area contributed by atoms with Gasteiger partial charge < -0.3 is 20.1 Å². The van der Waals surface area contributed by atoms with Crippen molar-refractivity contribution in [2.75, 3.05) is 40.5 Å². The van der Waals surface area contributed by atoms with Crippen LogP contribution in [0.3, 0.4) is 0 Å². The van der Waals surface area contributed by atoms with Crippen LogP contribution in [0.25, 0.3) is 0 Å². The molecule has 0 atom stereocenters. The molecule has 1 heterocycles. The van der Waals surface area contributed by atoms with Gasteiger partial charge in [0.2, 0.25) is 0 Å². The van der Waals surface area contributed by atoms with E-state index >= 15 is 0 Å². The van der Waals surface area contributed by atoms with Gasteiger partial charge in [0, 0.05) is 38.8 Å². The van der Waals surface area contributed by atoms with Crippen molar-refractivity contribution in [3.8, 4) is 5.75 Å². The Balaban J connectivity index is 0.00000320. The number of hydrogen-bond acceptors (Lipinski definition) is 3. The van der Waals surface area contributed by atoms with Crippen molar-refractivity contribution in [1.29, 1.82) is 0 Å². The third-order valence-electron chi connectivity index (χ3n) is 5.59.